The van der Waals surface area contributed by atoms with E-state index in [4.69, 9.17) is 9.68 Å². The summed E-state index contributed by atoms with van der Waals surface area (Å²) in [6.45, 7) is 3.91. The number of phenols is 2. The molecule has 0 aliphatic heterocycles. The number of hydrogen-bond acceptors (Lipinski definition) is 8. The number of carbonyl (C=O) groups excluding carboxylic acids is 2. The van der Waals surface area contributed by atoms with Crippen molar-refractivity contribution in [2.75, 3.05) is 6.54 Å². The van der Waals surface area contributed by atoms with Gasteiger partial charge in [-0.3, -0.25) is 4.84 Å². The SMILES string of the molecule is C/C(=N\OC(=O)CCCCCCCNC(=O)O/N=C(\C)c1ccc(O)cc1)c1ccc(O)cc1. The number of nitrogens with zero attached hydrogens (tertiary/aromatic N) is 2. The van der Waals surface area contributed by atoms with E-state index in [0.717, 1.165) is 36.8 Å². The Hall–Kier alpha value is -3.88. The van der Waals surface area contributed by atoms with Gasteiger partial charge in [-0.1, -0.05) is 29.6 Å². The second-order valence-corrected chi connectivity index (χ2v) is 7.73. The van der Waals surface area contributed by atoms with Crippen LogP contribution < -0.4 is 5.32 Å². The van der Waals surface area contributed by atoms with Crippen molar-refractivity contribution in [3.63, 3.8) is 0 Å². The van der Waals surface area contributed by atoms with Gasteiger partial charge in [0.25, 0.3) is 0 Å². The van der Waals surface area contributed by atoms with Crippen LogP contribution in [0.3, 0.4) is 0 Å². The van der Waals surface area contributed by atoms with E-state index in [9.17, 15) is 19.8 Å². The molecule has 182 valence electrons. The molecule has 0 saturated heterocycles. The van der Waals surface area contributed by atoms with Gasteiger partial charge in [-0.05, 0) is 86.3 Å². The lowest BCUT2D eigenvalue weighted by Crippen LogP contribution is -2.24. The van der Waals surface area contributed by atoms with Crippen molar-refractivity contribution in [3.8, 4) is 11.5 Å². The molecule has 0 radical (unpaired) electrons. The zero-order chi connectivity index (χ0) is 24.8. The standard InChI is InChI=1S/C25H31N3O6/c1-18(20-9-13-22(29)14-10-20)27-33-24(31)8-6-4-3-5-7-17-26-25(32)34-28-19(2)21-11-15-23(30)16-12-21/h9-16,29-30H,3-8,17H2,1-2H3,(H,26,32)/b27-18+,28-19+. The number of unbranched alkanes of at least 4 members (excludes halogenated alkanes) is 4. The molecule has 0 unspecified atom stereocenters. The molecule has 0 aliphatic carbocycles. The lowest BCUT2D eigenvalue weighted by molar-refractivity contribution is -0.143. The largest absolute Gasteiger partial charge is 0.508 e. The monoisotopic (exact) mass is 469 g/mol. The van der Waals surface area contributed by atoms with Gasteiger partial charge in [0.05, 0.1) is 11.4 Å². The smallest absolute Gasteiger partial charge is 0.433 e. The van der Waals surface area contributed by atoms with Gasteiger partial charge in [-0.15, -0.1) is 0 Å². The summed E-state index contributed by atoms with van der Waals surface area (Å²) in [5.74, 6) is -0.0671. The molecular formula is C25H31N3O6. The van der Waals surface area contributed by atoms with Crippen molar-refractivity contribution in [1.29, 1.82) is 0 Å². The molecular weight excluding hydrogens is 438 g/mol. The molecule has 2 aromatic rings. The minimum atomic E-state index is -0.621. The van der Waals surface area contributed by atoms with Crippen LogP contribution in [0.4, 0.5) is 4.79 Å². The normalized spacial score (nSPS) is 11.7. The minimum absolute atomic E-state index is 0.154. The van der Waals surface area contributed by atoms with Gasteiger partial charge in [0.2, 0.25) is 0 Å². The molecule has 0 aliphatic rings. The topological polar surface area (TPSA) is 130 Å². The first-order valence-corrected chi connectivity index (χ1v) is 11.2. The number of benzene rings is 2. The molecule has 0 heterocycles. The van der Waals surface area contributed by atoms with E-state index in [0.29, 0.717) is 24.4 Å². The lowest BCUT2D eigenvalue weighted by atomic mass is 10.1. The van der Waals surface area contributed by atoms with Crippen molar-refractivity contribution in [3.05, 3.63) is 59.7 Å². The van der Waals surface area contributed by atoms with Gasteiger partial charge >= 0.3 is 12.1 Å². The fourth-order valence-electron chi connectivity index (χ4n) is 2.93. The maximum absolute atomic E-state index is 11.8. The van der Waals surface area contributed by atoms with Crippen LogP contribution in [-0.4, -0.2) is 40.2 Å². The second-order valence-electron chi connectivity index (χ2n) is 7.73. The summed E-state index contributed by atoms with van der Waals surface area (Å²) in [4.78, 5) is 33.3. The summed E-state index contributed by atoms with van der Waals surface area (Å²) in [6, 6.07) is 12.9. The fraction of sp³-hybridized carbons (Fsp3) is 0.360. The van der Waals surface area contributed by atoms with Gasteiger partial charge in [0, 0.05) is 13.0 Å². The molecule has 2 aromatic carbocycles. The highest BCUT2D eigenvalue weighted by molar-refractivity contribution is 5.99. The molecule has 34 heavy (non-hydrogen) atoms. The van der Waals surface area contributed by atoms with Gasteiger partial charge in [-0.2, -0.15) is 0 Å². The summed E-state index contributed by atoms with van der Waals surface area (Å²) < 4.78 is 0. The van der Waals surface area contributed by atoms with Gasteiger partial charge in [-0.25, -0.2) is 9.59 Å². The van der Waals surface area contributed by atoms with Crippen LogP contribution in [0.1, 0.15) is 63.5 Å². The van der Waals surface area contributed by atoms with Crippen LogP contribution in [0.2, 0.25) is 0 Å². The van der Waals surface area contributed by atoms with Crippen molar-refractivity contribution in [1.82, 2.24) is 5.32 Å². The molecule has 9 heteroatoms. The fourth-order valence-corrected chi connectivity index (χ4v) is 2.93. The molecule has 2 rings (SSSR count). The van der Waals surface area contributed by atoms with Crippen LogP contribution in [0.15, 0.2) is 58.8 Å². The molecule has 0 atom stereocenters. The first-order valence-electron chi connectivity index (χ1n) is 11.2. The second kappa shape index (κ2) is 14.3. The van der Waals surface area contributed by atoms with E-state index in [1.807, 2.05) is 0 Å². The highest BCUT2D eigenvalue weighted by atomic mass is 16.7. The Morgan fingerprint density at radius 1 is 0.735 bits per heavy atom. The molecule has 0 fully saturated rings. The number of amides is 1. The summed E-state index contributed by atoms with van der Waals surface area (Å²) in [5, 5.41) is 28.8. The third-order valence-corrected chi connectivity index (χ3v) is 4.95. The predicted octanol–water partition coefficient (Wildman–Crippen LogP) is 4.86. The predicted molar refractivity (Wildman–Crippen MR) is 129 cm³/mol. The van der Waals surface area contributed by atoms with Crippen LogP contribution >= 0.6 is 0 Å². The van der Waals surface area contributed by atoms with Crippen molar-refractivity contribution in [2.45, 2.75) is 52.4 Å². The van der Waals surface area contributed by atoms with Crippen LogP contribution in [0.25, 0.3) is 0 Å². The van der Waals surface area contributed by atoms with E-state index in [2.05, 4.69) is 15.6 Å². The van der Waals surface area contributed by atoms with E-state index < -0.39 is 6.09 Å². The first kappa shape index (κ1) is 26.4. The molecule has 0 aromatic heterocycles. The molecule has 9 nitrogen and oxygen atoms in total. The van der Waals surface area contributed by atoms with Crippen LogP contribution in [-0.2, 0) is 14.5 Å². The van der Waals surface area contributed by atoms with Crippen molar-refractivity contribution >= 4 is 23.5 Å². The number of nitrogens with one attached hydrogen (secondary N) is 1. The van der Waals surface area contributed by atoms with E-state index in [1.165, 1.54) is 12.1 Å². The third-order valence-electron chi connectivity index (χ3n) is 4.95. The Morgan fingerprint density at radius 2 is 1.21 bits per heavy atom. The van der Waals surface area contributed by atoms with Crippen molar-refractivity contribution < 1.29 is 29.5 Å². The van der Waals surface area contributed by atoms with Gasteiger partial charge in [0.1, 0.15) is 11.5 Å². The third kappa shape index (κ3) is 10.2. The highest BCUT2D eigenvalue weighted by Gasteiger charge is 2.05. The van der Waals surface area contributed by atoms with Gasteiger partial charge < -0.3 is 20.4 Å². The molecule has 0 spiro atoms. The van der Waals surface area contributed by atoms with E-state index in [-0.39, 0.29) is 23.9 Å². The highest BCUT2D eigenvalue weighted by Crippen LogP contribution is 2.12. The number of rotatable bonds is 12. The number of carbonyl (C=O) groups is 2. The average molecular weight is 470 g/mol. The number of phenolic OH excluding ortho intramolecular Hbond substituents is 2. The average Bonchev–Trinajstić information content (AvgIpc) is 2.83. The first-order chi connectivity index (χ1) is 16.3. The molecule has 0 saturated carbocycles. The number of oxime groups is 2. The summed E-state index contributed by atoms with van der Waals surface area (Å²) in [5.41, 5.74) is 2.59. The zero-order valence-electron chi connectivity index (χ0n) is 19.5. The Labute approximate surface area is 199 Å². The maximum atomic E-state index is 11.8. The molecule has 0 bridgehead atoms. The van der Waals surface area contributed by atoms with Crippen molar-refractivity contribution in [2.24, 2.45) is 10.3 Å². The zero-order valence-corrected chi connectivity index (χ0v) is 19.5. The summed E-state index contributed by atoms with van der Waals surface area (Å²) in [6.07, 6.45) is 3.86. The maximum Gasteiger partial charge on any atom is 0.433 e. The van der Waals surface area contributed by atoms with E-state index in [1.54, 1.807) is 50.2 Å². The minimum Gasteiger partial charge on any atom is -0.508 e. The number of hydrogen-bond donors (Lipinski definition) is 3. The Kier molecular flexibility index (Phi) is 11.1. The lowest BCUT2D eigenvalue weighted by Gasteiger charge is -2.05. The summed E-state index contributed by atoms with van der Waals surface area (Å²) in [7, 11) is 0. The number of aromatic hydroxyl groups is 2. The van der Waals surface area contributed by atoms with Crippen LogP contribution in [0.5, 0.6) is 11.5 Å². The van der Waals surface area contributed by atoms with Gasteiger partial charge in [0.15, 0.2) is 0 Å². The molecule has 3 N–H and O–H groups in total. The summed E-state index contributed by atoms with van der Waals surface area (Å²) >= 11 is 0. The molecule has 1 amide bonds. The van der Waals surface area contributed by atoms with E-state index >= 15 is 0 Å². The Morgan fingerprint density at radius 3 is 1.76 bits per heavy atom. The Balaban J connectivity index is 1.50. The van der Waals surface area contributed by atoms with Crippen LogP contribution in [0, 0.1) is 0 Å². The Bertz CT molecular complexity index is 903. The quantitative estimate of drug-likeness (QED) is 0.176.